The molecule has 0 bridgehead atoms. The Hall–Kier alpha value is -2.48. The fourth-order valence-electron chi connectivity index (χ4n) is 2.12. The first kappa shape index (κ1) is 10.7. The highest BCUT2D eigenvalue weighted by molar-refractivity contribution is 5.84. The summed E-state index contributed by atoms with van der Waals surface area (Å²) in [6, 6.07) is 5.35. The maximum absolute atomic E-state index is 12.1. The molecule has 1 aromatic carbocycles. The van der Waals surface area contributed by atoms with Crippen molar-refractivity contribution < 1.29 is 9.47 Å². The molecule has 0 saturated carbocycles. The van der Waals surface area contributed by atoms with E-state index in [-0.39, 0.29) is 17.8 Å². The highest BCUT2D eigenvalue weighted by Gasteiger charge is 2.17. The SMILES string of the molecule is CCn1cc(C#N)c(=O)c2cc3c(cc21)OCO3. The van der Waals surface area contributed by atoms with Crippen LogP contribution in [0, 0.1) is 11.3 Å². The van der Waals surface area contributed by atoms with Crippen molar-refractivity contribution in [2.75, 3.05) is 6.79 Å². The average Bonchev–Trinajstić information content (AvgIpc) is 2.85. The smallest absolute Gasteiger partial charge is 0.231 e. The third kappa shape index (κ3) is 1.36. The van der Waals surface area contributed by atoms with Crippen LogP contribution in [0.3, 0.4) is 0 Å². The molecule has 1 aromatic heterocycles. The molecule has 0 aliphatic carbocycles. The number of benzene rings is 1. The second-order valence-electron chi connectivity index (χ2n) is 3.99. The molecule has 5 nitrogen and oxygen atoms in total. The van der Waals surface area contributed by atoms with E-state index in [4.69, 9.17) is 14.7 Å². The first-order valence-corrected chi connectivity index (χ1v) is 5.61. The van der Waals surface area contributed by atoms with E-state index in [2.05, 4.69) is 0 Å². The van der Waals surface area contributed by atoms with E-state index in [9.17, 15) is 4.79 Å². The summed E-state index contributed by atoms with van der Waals surface area (Å²) < 4.78 is 12.4. The molecule has 0 radical (unpaired) electrons. The summed E-state index contributed by atoms with van der Waals surface area (Å²) in [7, 11) is 0. The van der Waals surface area contributed by atoms with E-state index in [0.717, 1.165) is 5.52 Å². The fraction of sp³-hybridized carbons (Fsp3) is 0.231. The van der Waals surface area contributed by atoms with Crippen LogP contribution < -0.4 is 14.9 Å². The van der Waals surface area contributed by atoms with Crippen LogP contribution in [0.1, 0.15) is 12.5 Å². The quantitative estimate of drug-likeness (QED) is 0.762. The number of rotatable bonds is 1. The number of ether oxygens (including phenoxy) is 2. The average molecular weight is 242 g/mol. The topological polar surface area (TPSA) is 64.2 Å². The molecule has 0 spiro atoms. The Morgan fingerprint density at radius 1 is 1.39 bits per heavy atom. The van der Waals surface area contributed by atoms with Gasteiger partial charge in [-0.3, -0.25) is 4.79 Å². The molecule has 0 amide bonds. The first-order valence-electron chi connectivity index (χ1n) is 5.61. The summed E-state index contributed by atoms with van der Waals surface area (Å²) >= 11 is 0. The maximum atomic E-state index is 12.1. The highest BCUT2D eigenvalue weighted by Crippen LogP contribution is 2.35. The number of hydrogen-bond donors (Lipinski definition) is 0. The molecule has 5 heteroatoms. The van der Waals surface area contributed by atoms with E-state index in [1.807, 2.05) is 17.6 Å². The van der Waals surface area contributed by atoms with Crippen LogP contribution in [0.25, 0.3) is 10.9 Å². The van der Waals surface area contributed by atoms with E-state index in [1.54, 1.807) is 18.3 Å². The summed E-state index contributed by atoms with van der Waals surface area (Å²) in [6.45, 7) is 2.79. The molecule has 0 unspecified atom stereocenters. The van der Waals surface area contributed by atoms with Crippen molar-refractivity contribution in [1.82, 2.24) is 4.57 Å². The molecule has 2 heterocycles. The lowest BCUT2D eigenvalue weighted by molar-refractivity contribution is 0.174. The molecule has 1 aliphatic heterocycles. The Morgan fingerprint density at radius 2 is 2.11 bits per heavy atom. The van der Waals surface area contributed by atoms with Crippen molar-refractivity contribution in [3.05, 3.63) is 34.1 Å². The van der Waals surface area contributed by atoms with Gasteiger partial charge in [0, 0.05) is 18.8 Å². The lowest BCUT2D eigenvalue weighted by Crippen LogP contribution is -2.12. The van der Waals surface area contributed by atoms with Gasteiger partial charge < -0.3 is 14.0 Å². The molecule has 3 rings (SSSR count). The van der Waals surface area contributed by atoms with Crippen molar-refractivity contribution in [2.24, 2.45) is 0 Å². The summed E-state index contributed by atoms with van der Waals surface area (Å²) in [6.07, 6.45) is 1.58. The van der Waals surface area contributed by atoms with Crippen molar-refractivity contribution in [1.29, 1.82) is 5.26 Å². The molecule has 2 aromatic rings. The van der Waals surface area contributed by atoms with E-state index in [1.165, 1.54) is 0 Å². The van der Waals surface area contributed by atoms with Gasteiger partial charge in [0.15, 0.2) is 11.5 Å². The predicted octanol–water partition coefficient (Wildman–Crippen LogP) is 1.62. The minimum Gasteiger partial charge on any atom is -0.454 e. The van der Waals surface area contributed by atoms with Gasteiger partial charge in [-0.15, -0.1) is 0 Å². The molecule has 0 N–H and O–H groups in total. The van der Waals surface area contributed by atoms with Crippen LogP contribution in [-0.2, 0) is 6.54 Å². The van der Waals surface area contributed by atoms with Gasteiger partial charge >= 0.3 is 0 Å². The normalized spacial score (nSPS) is 12.7. The number of fused-ring (bicyclic) bond motifs is 2. The molecule has 0 fully saturated rings. The monoisotopic (exact) mass is 242 g/mol. The highest BCUT2D eigenvalue weighted by atomic mass is 16.7. The van der Waals surface area contributed by atoms with Gasteiger partial charge in [0.2, 0.25) is 12.2 Å². The van der Waals surface area contributed by atoms with Crippen LogP contribution in [0.4, 0.5) is 0 Å². The second-order valence-corrected chi connectivity index (χ2v) is 3.99. The summed E-state index contributed by atoms with van der Waals surface area (Å²) in [5.41, 5.74) is 0.629. The van der Waals surface area contributed by atoms with Crippen LogP contribution in [0.5, 0.6) is 11.5 Å². The largest absolute Gasteiger partial charge is 0.454 e. The second kappa shape index (κ2) is 3.77. The number of hydrogen-bond acceptors (Lipinski definition) is 4. The molecule has 18 heavy (non-hydrogen) atoms. The van der Waals surface area contributed by atoms with Gasteiger partial charge in [-0.1, -0.05) is 0 Å². The Morgan fingerprint density at radius 3 is 2.78 bits per heavy atom. The van der Waals surface area contributed by atoms with E-state index >= 15 is 0 Å². The standard InChI is InChI=1S/C13H10N2O3/c1-2-15-6-8(5-14)13(16)9-3-11-12(4-10(9)15)18-7-17-11/h3-4,6H,2,7H2,1H3. The Bertz CT molecular complexity index is 740. The predicted molar refractivity (Wildman–Crippen MR) is 64.7 cm³/mol. The lowest BCUT2D eigenvalue weighted by atomic mass is 10.1. The molecule has 0 atom stereocenters. The van der Waals surface area contributed by atoms with Crippen molar-refractivity contribution in [3.63, 3.8) is 0 Å². The van der Waals surface area contributed by atoms with Gasteiger partial charge in [0.05, 0.1) is 10.9 Å². The molecular weight excluding hydrogens is 232 g/mol. The Labute approximate surface area is 103 Å². The zero-order valence-corrected chi connectivity index (χ0v) is 9.77. The van der Waals surface area contributed by atoms with Crippen molar-refractivity contribution in [3.8, 4) is 17.6 Å². The summed E-state index contributed by atoms with van der Waals surface area (Å²) in [5, 5.41) is 9.46. The van der Waals surface area contributed by atoms with Crippen LogP contribution in [0.15, 0.2) is 23.1 Å². The molecule has 90 valence electrons. The van der Waals surface area contributed by atoms with Gasteiger partial charge in [0.25, 0.3) is 0 Å². The van der Waals surface area contributed by atoms with Crippen LogP contribution in [-0.4, -0.2) is 11.4 Å². The molecular formula is C13H10N2O3. The molecule has 1 aliphatic rings. The number of aromatic nitrogens is 1. The number of nitrogens with zero attached hydrogens (tertiary/aromatic N) is 2. The zero-order valence-electron chi connectivity index (χ0n) is 9.77. The van der Waals surface area contributed by atoms with Gasteiger partial charge in [0.1, 0.15) is 11.6 Å². The van der Waals surface area contributed by atoms with Crippen LogP contribution in [0.2, 0.25) is 0 Å². The molecule has 0 saturated heterocycles. The third-order valence-corrected chi connectivity index (χ3v) is 3.04. The van der Waals surface area contributed by atoms with Gasteiger partial charge in [-0.05, 0) is 13.0 Å². The lowest BCUT2D eigenvalue weighted by Gasteiger charge is -2.09. The Balaban J connectivity index is 2.45. The number of pyridine rings is 1. The third-order valence-electron chi connectivity index (χ3n) is 3.04. The van der Waals surface area contributed by atoms with Crippen LogP contribution >= 0.6 is 0 Å². The number of nitriles is 1. The van der Waals surface area contributed by atoms with E-state index < -0.39 is 0 Å². The van der Waals surface area contributed by atoms with Crippen molar-refractivity contribution in [2.45, 2.75) is 13.5 Å². The fourth-order valence-corrected chi connectivity index (χ4v) is 2.12. The maximum Gasteiger partial charge on any atom is 0.231 e. The first-order chi connectivity index (χ1) is 8.74. The Kier molecular flexibility index (Phi) is 2.23. The van der Waals surface area contributed by atoms with Crippen molar-refractivity contribution >= 4 is 10.9 Å². The minimum absolute atomic E-state index is 0.142. The van der Waals surface area contributed by atoms with Gasteiger partial charge in [-0.25, -0.2) is 0 Å². The number of aryl methyl sites for hydroxylation is 1. The zero-order chi connectivity index (χ0) is 12.7. The van der Waals surface area contributed by atoms with E-state index in [0.29, 0.717) is 23.4 Å². The summed E-state index contributed by atoms with van der Waals surface area (Å²) in [4.78, 5) is 12.1. The minimum atomic E-state index is -0.268. The summed E-state index contributed by atoms with van der Waals surface area (Å²) in [5.74, 6) is 1.19. The van der Waals surface area contributed by atoms with Gasteiger partial charge in [-0.2, -0.15) is 5.26 Å².